The number of carbonyl (C=O) groups is 2. The van der Waals surface area contributed by atoms with E-state index in [1.807, 2.05) is 17.7 Å². The Balaban J connectivity index is 1.54. The van der Waals surface area contributed by atoms with E-state index in [9.17, 15) is 9.59 Å². The van der Waals surface area contributed by atoms with E-state index in [2.05, 4.69) is 36.3 Å². The van der Waals surface area contributed by atoms with Crippen LogP contribution in [0.3, 0.4) is 0 Å². The third kappa shape index (κ3) is 5.34. The molecular weight excluding hydrogens is 354 g/mol. The van der Waals surface area contributed by atoms with Crippen LogP contribution in [0, 0.1) is 0 Å². The molecular formula is C21H35N5O2. The van der Waals surface area contributed by atoms with Gasteiger partial charge in [0.2, 0.25) is 5.91 Å². The Bertz CT molecular complexity index is 694. The highest BCUT2D eigenvalue weighted by atomic mass is 16.2. The fourth-order valence-electron chi connectivity index (χ4n) is 3.67. The molecule has 0 radical (unpaired) electrons. The smallest absolute Gasteiger partial charge is 0.269 e. The van der Waals surface area contributed by atoms with Crippen molar-refractivity contribution in [3.63, 3.8) is 0 Å². The van der Waals surface area contributed by atoms with Gasteiger partial charge in [0, 0.05) is 31.6 Å². The summed E-state index contributed by atoms with van der Waals surface area (Å²) in [5.74, 6) is 0.580. The molecule has 3 rings (SSSR count). The largest absolute Gasteiger partial charge is 0.355 e. The molecule has 0 aromatic carbocycles. The molecule has 2 aliphatic rings. The van der Waals surface area contributed by atoms with E-state index in [0.717, 1.165) is 44.6 Å². The molecule has 1 aliphatic heterocycles. The van der Waals surface area contributed by atoms with Crippen molar-refractivity contribution < 1.29 is 9.59 Å². The van der Waals surface area contributed by atoms with E-state index in [0.29, 0.717) is 18.2 Å². The first kappa shape index (κ1) is 20.8. The van der Waals surface area contributed by atoms with E-state index in [4.69, 9.17) is 5.10 Å². The maximum Gasteiger partial charge on any atom is 0.269 e. The minimum Gasteiger partial charge on any atom is -0.355 e. The quantitative estimate of drug-likeness (QED) is 0.750. The molecule has 7 nitrogen and oxygen atoms in total. The maximum atomic E-state index is 13.0. The average molecular weight is 390 g/mol. The van der Waals surface area contributed by atoms with Crippen molar-refractivity contribution in [1.29, 1.82) is 0 Å². The summed E-state index contributed by atoms with van der Waals surface area (Å²) in [6, 6.07) is 2.13. The van der Waals surface area contributed by atoms with Gasteiger partial charge in [-0.05, 0) is 58.9 Å². The molecule has 1 aromatic heterocycles. The van der Waals surface area contributed by atoms with Gasteiger partial charge >= 0.3 is 0 Å². The lowest BCUT2D eigenvalue weighted by Crippen LogP contribution is -2.48. The Kier molecular flexibility index (Phi) is 6.43. The van der Waals surface area contributed by atoms with Crippen LogP contribution in [0.1, 0.15) is 81.9 Å². The summed E-state index contributed by atoms with van der Waals surface area (Å²) in [6.07, 6.45) is 5.03. The highest BCUT2D eigenvalue weighted by Crippen LogP contribution is 2.40. The van der Waals surface area contributed by atoms with E-state index >= 15 is 0 Å². The SMILES string of the molecule is CCCNC(=O)CN1CCC(NC(=O)c2cc(C3CC3)nn2C(C)(C)C)CC1. The van der Waals surface area contributed by atoms with Gasteiger partial charge in [-0.3, -0.25) is 19.2 Å². The van der Waals surface area contributed by atoms with Gasteiger partial charge in [-0.2, -0.15) is 5.10 Å². The number of hydrogen-bond donors (Lipinski definition) is 2. The second-order valence-corrected chi connectivity index (χ2v) is 9.19. The van der Waals surface area contributed by atoms with Crippen molar-refractivity contribution in [2.24, 2.45) is 0 Å². The molecule has 0 bridgehead atoms. The van der Waals surface area contributed by atoms with Crippen LogP contribution in [0.4, 0.5) is 0 Å². The van der Waals surface area contributed by atoms with E-state index in [1.165, 1.54) is 12.8 Å². The number of piperidine rings is 1. The van der Waals surface area contributed by atoms with Gasteiger partial charge in [-0.15, -0.1) is 0 Å². The third-order valence-corrected chi connectivity index (χ3v) is 5.45. The number of nitrogens with one attached hydrogen (secondary N) is 2. The van der Waals surface area contributed by atoms with E-state index in [-0.39, 0.29) is 23.4 Å². The zero-order valence-electron chi connectivity index (χ0n) is 17.8. The minimum absolute atomic E-state index is 0.0338. The molecule has 0 unspecified atom stereocenters. The average Bonchev–Trinajstić information content (AvgIpc) is 3.38. The van der Waals surface area contributed by atoms with Crippen LogP contribution in [-0.4, -0.2) is 58.7 Å². The highest BCUT2D eigenvalue weighted by molar-refractivity contribution is 5.93. The van der Waals surface area contributed by atoms with Gasteiger partial charge in [-0.25, -0.2) is 0 Å². The molecule has 0 atom stereocenters. The topological polar surface area (TPSA) is 79.3 Å². The number of carbonyl (C=O) groups excluding carboxylic acids is 2. The summed E-state index contributed by atoms with van der Waals surface area (Å²) in [6.45, 7) is 11.1. The normalized spacial score (nSPS) is 18.9. The maximum absolute atomic E-state index is 13.0. The van der Waals surface area contributed by atoms with Gasteiger partial charge in [-0.1, -0.05) is 6.92 Å². The molecule has 28 heavy (non-hydrogen) atoms. The predicted molar refractivity (Wildman–Crippen MR) is 109 cm³/mol. The van der Waals surface area contributed by atoms with E-state index in [1.54, 1.807) is 0 Å². The lowest BCUT2D eigenvalue weighted by molar-refractivity contribution is -0.122. The Hall–Kier alpha value is -1.89. The van der Waals surface area contributed by atoms with Crippen molar-refractivity contribution in [3.8, 4) is 0 Å². The lowest BCUT2D eigenvalue weighted by atomic mass is 10.0. The number of rotatable bonds is 7. The highest BCUT2D eigenvalue weighted by Gasteiger charge is 2.32. The first-order valence-electron chi connectivity index (χ1n) is 10.7. The van der Waals surface area contributed by atoms with Crippen molar-refractivity contribution in [2.75, 3.05) is 26.2 Å². The van der Waals surface area contributed by atoms with E-state index < -0.39 is 0 Å². The number of aromatic nitrogens is 2. The second-order valence-electron chi connectivity index (χ2n) is 9.19. The van der Waals surface area contributed by atoms with Crippen LogP contribution in [0.2, 0.25) is 0 Å². The third-order valence-electron chi connectivity index (χ3n) is 5.45. The van der Waals surface area contributed by atoms with Crippen LogP contribution >= 0.6 is 0 Å². The van der Waals surface area contributed by atoms with Crippen LogP contribution in [-0.2, 0) is 10.3 Å². The number of hydrogen-bond acceptors (Lipinski definition) is 4. The van der Waals surface area contributed by atoms with Crippen molar-refractivity contribution in [2.45, 2.75) is 77.3 Å². The van der Waals surface area contributed by atoms with Crippen LogP contribution < -0.4 is 10.6 Å². The fourth-order valence-corrected chi connectivity index (χ4v) is 3.67. The number of amides is 2. The summed E-state index contributed by atoms with van der Waals surface area (Å²) in [5.41, 5.74) is 1.48. The molecule has 1 saturated carbocycles. The molecule has 7 heteroatoms. The van der Waals surface area contributed by atoms with Gasteiger partial charge in [0.1, 0.15) is 5.69 Å². The van der Waals surface area contributed by atoms with Crippen molar-refractivity contribution >= 4 is 11.8 Å². The first-order valence-corrected chi connectivity index (χ1v) is 10.7. The summed E-state index contributed by atoms with van der Waals surface area (Å²) >= 11 is 0. The molecule has 1 aliphatic carbocycles. The molecule has 1 saturated heterocycles. The Morgan fingerprint density at radius 1 is 1.18 bits per heavy atom. The Labute approximate surface area is 168 Å². The molecule has 2 fully saturated rings. The monoisotopic (exact) mass is 389 g/mol. The van der Waals surface area contributed by atoms with Crippen molar-refractivity contribution in [3.05, 3.63) is 17.5 Å². The lowest BCUT2D eigenvalue weighted by Gasteiger charge is -2.32. The van der Waals surface area contributed by atoms with Crippen LogP contribution in [0.5, 0.6) is 0 Å². The zero-order valence-corrected chi connectivity index (χ0v) is 17.8. The van der Waals surface area contributed by atoms with Gasteiger partial charge in [0.15, 0.2) is 0 Å². The van der Waals surface area contributed by atoms with Crippen LogP contribution in [0.15, 0.2) is 6.07 Å². The fraction of sp³-hybridized carbons (Fsp3) is 0.762. The van der Waals surface area contributed by atoms with Gasteiger partial charge in [0.25, 0.3) is 5.91 Å². The summed E-state index contributed by atoms with van der Waals surface area (Å²) in [7, 11) is 0. The number of likely N-dealkylation sites (tertiary alicyclic amines) is 1. The molecule has 156 valence electrons. The van der Waals surface area contributed by atoms with Gasteiger partial charge in [0.05, 0.1) is 17.8 Å². The summed E-state index contributed by atoms with van der Waals surface area (Å²) in [4.78, 5) is 27.0. The summed E-state index contributed by atoms with van der Waals surface area (Å²) < 4.78 is 1.88. The van der Waals surface area contributed by atoms with Crippen LogP contribution in [0.25, 0.3) is 0 Å². The first-order chi connectivity index (χ1) is 13.3. The zero-order chi connectivity index (χ0) is 20.3. The molecule has 1 aromatic rings. The molecule has 2 amide bonds. The molecule has 0 spiro atoms. The second kappa shape index (κ2) is 8.64. The summed E-state index contributed by atoms with van der Waals surface area (Å²) in [5, 5.41) is 10.9. The Morgan fingerprint density at radius 2 is 1.86 bits per heavy atom. The van der Waals surface area contributed by atoms with Gasteiger partial charge < -0.3 is 10.6 Å². The Morgan fingerprint density at radius 3 is 2.43 bits per heavy atom. The number of nitrogens with zero attached hydrogens (tertiary/aromatic N) is 3. The molecule has 2 heterocycles. The predicted octanol–water partition coefficient (Wildman–Crippen LogP) is 2.24. The van der Waals surface area contributed by atoms with Crippen molar-refractivity contribution in [1.82, 2.24) is 25.3 Å². The minimum atomic E-state index is -0.227. The molecule has 2 N–H and O–H groups in total. The standard InChI is InChI=1S/C21H35N5O2/c1-5-10-22-19(27)14-25-11-8-16(9-12-25)23-20(28)18-13-17(15-6-7-15)24-26(18)21(2,3)4/h13,15-16H,5-12,14H2,1-4H3,(H,22,27)(H,23,28).